The molecule has 0 aromatic heterocycles. The van der Waals surface area contributed by atoms with Crippen LogP contribution in [0.5, 0.6) is 0 Å². The predicted octanol–water partition coefficient (Wildman–Crippen LogP) is 3.87. The van der Waals surface area contributed by atoms with Gasteiger partial charge in [-0.15, -0.1) is 5.30 Å². The summed E-state index contributed by atoms with van der Waals surface area (Å²) in [5.74, 6) is 0. The Morgan fingerprint density at radius 3 is 1.91 bits per heavy atom. The highest BCUT2D eigenvalue weighted by atomic mass is 31.1. The Labute approximate surface area is 133 Å². The molecule has 0 spiro atoms. The Hall–Kier alpha value is -1.82. The lowest BCUT2D eigenvalue weighted by atomic mass is 10.2. The Morgan fingerprint density at radius 1 is 0.864 bits per heavy atom. The van der Waals surface area contributed by atoms with Crippen LogP contribution in [0.1, 0.15) is 18.6 Å². The van der Waals surface area contributed by atoms with Crippen molar-refractivity contribution in [2.75, 3.05) is 7.11 Å². The molecule has 1 nitrogen and oxygen atoms in total. The van der Waals surface area contributed by atoms with Crippen LogP contribution in [0.3, 0.4) is 0 Å². The molecule has 3 rings (SSSR count). The van der Waals surface area contributed by atoms with Gasteiger partial charge < -0.3 is 4.74 Å². The van der Waals surface area contributed by atoms with Crippen molar-refractivity contribution in [2.24, 2.45) is 0 Å². The average molecular weight is 307 g/mol. The average Bonchev–Trinajstić information content (AvgIpc) is 3.06. The molecule has 0 aliphatic carbocycles. The minimum absolute atomic E-state index is 0.113. The van der Waals surface area contributed by atoms with E-state index >= 15 is 0 Å². The summed E-state index contributed by atoms with van der Waals surface area (Å²) in [5.41, 5.74) is 1.29. The summed E-state index contributed by atoms with van der Waals surface area (Å²) in [4.78, 5) is 0. The van der Waals surface area contributed by atoms with E-state index in [9.17, 15) is 0 Å². The third-order valence-electron chi connectivity index (χ3n) is 3.89. The molecule has 112 valence electrons. The first kappa shape index (κ1) is 15.1. The highest BCUT2D eigenvalue weighted by Crippen LogP contribution is 2.36. The maximum absolute atomic E-state index is 5.57. The van der Waals surface area contributed by atoms with E-state index in [2.05, 4.69) is 85.8 Å². The fourth-order valence-corrected chi connectivity index (χ4v) is 5.22. The largest absolute Gasteiger partial charge is 0.390 e. The van der Waals surface area contributed by atoms with Gasteiger partial charge in [0.25, 0.3) is 0 Å². The maximum Gasteiger partial charge on any atom is 0.0348 e. The maximum atomic E-state index is 5.57. The molecule has 0 aliphatic heterocycles. The quantitative estimate of drug-likeness (QED) is 0.513. The van der Waals surface area contributed by atoms with E-state index in [-0.39, 0.29) is 6.10 Å². The van der Waals surface area contributed by atoms with E-state index in [1.165, 1.54) is 21.5 Å². The Morgan fingerprint density at radius 2 is 1.41 bits per heavy atom. The lowest BCUT2D eigenvalue weighted by molar-refractivity contribution is 0.120. The predicted molar refractivity (Wildman–Crippen MR) is 96.2 cm³/mol. The van der Waals surface area contributed by atoms with Gasteiger partial charge in [-0.2, -0.15) is 17.7 Å². The van der Waals surface area contributed by atoms with Crippen molar-refractivity contribution in [3.05, 3.63) is 84.4 Å². The van der Waals surface area contributed by atoms with Crippen molar-refractivity contribution in [3.8, 4) is 0 Å². The topological polar surface area (TPSA) is 9.23 Å². The van der Waals surface area contributed by atoms with Gasteiger partial charge in [0.15, 0.2) is 0 Å². The molecule has 0 heterocycles. The van der Waals surface area contributed by atoms with E-state index in [1.807, 2.05) is 0 Å². The molecule has 0 fully saturated rings. The van der Waals surface area contributed by atoms with Crippen LogP contribution in [-0.2, 0) is 4.74 Å². The highest BCUT2D eigenvalue weighted by molar-refractivity contribution is 7.79. The molecule has 0 radical (unpaired) electrons. The monoisotopic (exact) mass is 307 g/mol. The van der Waals surface area contributed by atoms with Gasteiger partial charge in [0.1, 0.15) is 0 Å². The Kier molecular flexibility index (Phi) is 4.77. The van der Waals surface area contributed by atoms with Crippen molar-refractivity contribution in [1.82, 2.24) is 0 Å². The number of benzene rings is 2. The van der Waals surface area contributed by atoms with Crippen LogP contribution < -0.4 is 15.9 Å². The number of methoxy groups -OCH3 is 1. The van der Waals surface area contributed by atoms with E-state index in [0.717, 1.165) is 0 Å². The summed E-state index contributed by atoms with van der Waals surface area (Å²) >= 11 is 0. The number of ether oxygens (including phenoxy) is 1. The first-order chi connectivity index (χ1) is 10.8. The molecule has 22 heavy (non-hydrogen) atoms. The van der Waals surface area contributed by atoms with Crippen molar-refractivity contribution >= 4 is 23.8 Å². The molecular weight excluding hydrogens is 287 g/mol. The molecule has 2 heteroatoms. The second-order valence-corrected chi connectivity index (χ2v) is 7.44. The van der Waals surface area contributed by atoms with Crippen LogP contribution in [0, 0.1) is 0 Å². The molecule has 0 amide bonds. The smallest absolute Gasteiger partial charge is 0.0348 e. The lowest BCUT2D eigenvalue weighted by Gasteiger charge is -2.27. The van der Waals surface area contributed by atoms with Crippen LogP contribution in [0.25, 0.3) is 0 Å². The normalized spacial score (nSPS) is 12.5. The van der Waals surface area contributed by atoms with Gasteiger partial charge in [0, 0.05) is 13.2 Å². The summed E-state index contributed by atoms with van der Waals surface area (Å²) in [6.07, 6.45) is 0.113. The molecule has 0 bridgehead atoms. The zero-order valence-corrected chi connectivity index (χ0v) is 13.8. The molecule has 3 aromatic rings. The second kappa shape index (κ2) is 6.96. The van der Waals surface area contributed by atoms with Crippen LogP contribution in [0.15, 0.2) is 78.9 Å². The summed E-state index contributed by atoms with van der Waals surface area (Å²) in [5, 5.41) is 4.14. The molecule has 0 saturated heterocycles. The minimum Gasteiger partial charge on any atom is -0.390 e. The molecule has 3 aromatic carbocycles. The summed E-state index contributed by atoms with van der Waals surface area (Å²) in [7, 11) is 1.22. The van der Waals surface area contributed by atoms with Gasteiger partial charge in [-0.25, -0.2) is 6.07 Å². The van der Waals surface area contributed by atoms with Crippen molar-refractivity contribution in [2.45, 2.75) is 13.0 Å². The number of hydrogen-bond donors (Lipinski definition) is 0. The SMILES string of the molecule is CO[C@@H](C)c1cc[cH-]c1P(c1ccccc1)c1ccccc1. The molecular formula is C20H20OP-. The Bertz CT molecular complexity index is 663. The van der Waals surface area contributed by atoms with E-state index in [1.54, 1.807) is 7.11 Å². The van der Waals surface area contributed by atoms with Crippen molar-refractivity contribution in [1.29, 1.82) is 0 Å². The van der Waals surface area contributed by atoms with Gasteiger partial charge >= 0.3 is 0 Å². The molecule has 1 atom stereocenters. The van der Waals surface area contributed by atoms with Gasteiger partial charge in [0.05, 0.1) is 0 Å². The van der Waals surface area contributed by atoms with Crippen LogP contribution in [-0.4, -0.2) is 7.11 Å². The molecule has 0 N–H and O–H groups in total. The standard InChI is InChI=1S/C20H20OP/c1-16(21-2)19-14-9-15-20(19)22(17-10-5-3-6-11-17)18-12-7-4-8-13-18/h3-16H,1-2H3/q-1/t16-/m0/s1. The molecule has 0 unspecified atom stereocenters. The highest BCUT2D eigenvalue weighted by Gasteiger charge is 2.16. The summed E-state index contributed by atoms with van der Waals surface area (Å²) in [6.45, 7) is 2.11. The Balaban J connectivity index is 2.13. The van der Waals surface area contributed by atoms with Gasteiger partial charge in [-0.05, 0) is 25.5 Å². The zero-order chi connectivity index (χ0) is 15.4. The van der Waals surface area contributed by atoms with E-state index in [4.69, 9.17) is 4.74 Å². The number of rotatable bonds is 5. The lowest BCUT2D eigenvalue weighted by Crippen LogP contribution is -2.22. The fraction of sp³-hybridized carbons (Fsp3) is 0.150. The summed E-state index contributed by atoms with van der Waals surface area (Å²) in [6, 6.07) is 28.1. The van der Waals surface area contributed by atoms with E-state index < -0.39 is 7.92 Å². The van der Waals surface area contributed by atoms with Gasteiger partial charge in [0.2, 0.25) is 0 Å². The zero-order valence-electron chi connectivity index (χ0n) is 12.9. The second-order valence-electron chi connectivity index (χ2n) is 5.25. The molecule has 0 saturated carbocycles. The van der Waals surface area contributed by atoms with Gasteiger partial charge in [-0.1, -0.05) is 60.7 Å². The minimum atomic E-state index is -0.548. The first-order valence-electron chi connectivity index (χ1n) is 7.50. The van der Waals surface area contributed by atoms with Crippen molar-refractivity contribution < 1.29 is 4.74 Å². The summed E-state index contributed by atoms with van der Waals surface area (Å²) < 4.78 is 5.57. The third kappa shape index (κ3) is 3.02. The fourth-order valence-electron chi connectivity index (χ4n) is 2.68. The van der Waals surface area contributed by atoms with Crippen LogP contribution >= 0.6 is 7.92 Å². The van der Waals surface area contributed by atoms with Crippen molar-refractivity contribution in [3.63, 3.8) is 0 Å². The molecule has 0 aliphatic rings. The third-order valence-corrected chi connectivity index (χ3v) is 6.41. The first-order valence-corrected chi connectivity index (χ1v) is 8.84. The van der Waals surface area contributed by atoms with Crippen LogP contribution in [0.4, 0.5) is 0 Å². The number of hydrogen-bond acceptors (Lipinski definition) is 1. The van der Waals surface area contributed by atoms with Crippen LogP contribution in [0.2, 0.25) is 0 Å². The van der Waals surface area contributed by atoms with E-state index in [0.29, 0.717) is 0 Å². The van der Waals surface area contributed by atoms with Gasteiger partial charge in [-0.3, -0.25) is 0 Å².